The predicted molar refractivity (Wildman–Crippen MR) is 88.1 cm³/mol. The molecule has 0 saturated heterocycles. The molecule has 4 nitrogen and oxygen atoms in total. The van der Waals surface area contributed by atoms with Gasteiger partial charge in [-0.3, -0.25) is 0 Å². The second-order valence-electron chi connectivity index (χ2n) is 4.49. The number of aromatic nitrogens is 1. The highest BCUT2D eigenvalue weighted by molar-refractivity contribution is 7.98. The summed E-state index contributed by atoms with van der Waals surface area (Å²) >= 11 is 1.53. The number of ether oxygens (including phenoxy) is 2. The van der Waals surface area contributed by atoms with E-state index in [0.717, 1.165) is 27.8 Å². The smallest absolute Gasteiger partial charge is 0.231 e. The number of hydrogen-bond donors (Lipinski definition) is 0. The van der Waals surface area contributed by atoms with E-state index in [1.165, 1.54) is 11.8 Å². The molecule has 1 aromatic carbocycles. The zero-order chi connectivity index (χ0) is 15.2. The highest BCUT2D eigenvalue weighted by Gasteiger charge is 2.11. The van der Waals surface area contributed by atoms with E-state index in [-0.39, 0.29) is 0 Å². The Morgan fingerprint density at radius 3 is 2.64 bits per heavy atom. The zero-order valence-electron chi connectivity index (χ0n) is 12.1. The van der Waals surface area contributed by atoms with Gasteiger partial charge in [0.25, 0.3) is 0 Å². The molecule has 0 bridgehead atoms. The molecule has 0 unspecified atom stereocenters. The van der Waals surface area contributed by atoms with Gasteiger partial charge < -0.3 is 14.0 Å². The minimum Gasteiger partial charge on any atom is -0.454 e. The number of allylic oxidation sites excluding steroid dienone is 4. The Morgan fingerprint density at radius 2 is 1.82 bits per heavy atom. The maximum atomic E-state index is 5.34. The van der Waals surface area contributed by atoms with Crippen LogP contribution in [0.4, 0.5) is 0 Å². The molecule has 112 valence electrons. The minimum atomic E-state index is 0.299. The SMILES string of the molecule is CSc1cc(/C=C/C=C/C=C/c2ccc3c(c2)OCO3)no1. The fourth-order valence-corrected chi connectivity index (χ4v) is 2.26. The molecule has 5 heteroatoms. The summed E-state index contributed by atoms with van der Waals surface area (Å²) < 4.78 is 15.7. The van der Waals surface area contributed by atoms with Crippen LogP contribution in [0.1, 0.15) is 11.3 Å². The van der Waals surface area contributed by atoms with Gasteiger partial charge in [0.15, 0.2) is 16.6 Å². The Labute approximate surface area is 133 Å². The maximum absolute atomic E-state index is 5.34. The lowest BCUT2D eigenvalue weighted by Gasteiger charge is -1.96. The summed E-state index contributed by atoms with van der Waals surface area (Å²) in [7, 11) is 0. The number of hydrogen-bond acceptors (Lipinski definition) is 5. The van der Waals surface area contributed by atoms with Crippen molar-refractivity contribution in [1.82, 2.24) is 5.16 Å². The van der Waals surface area contributed by atoms with Crippen molar-refractivity contribution in [2.45, 2.75) is 5.09 Å². The van der Waals surface area contributed by atoms with Gasteiger partial charge in [-0.1, -0.05) is 53.4 Å². The molecule has 2 heterocycles. The van der Waals surface area contributed by atoms with Gasteiger partial charge in [0.1, 0.15) is 5.69 Å². The van der Waals surface area contributed by atoms with Gasteiger partial charge in [0, 0.05) is 6.07 Å². The standard InChI is InChI=1S/C17H15NO3S/c1-22-17-11-14(18-21-17)7-5-3-2-4-6-13-8-9-15-16(10-13)20-12-19-15/h2-11H,12H2,1H3/b3-2+,6-4+,7-5+. The van der Waals surface area contributed by atoms with Gasteiger partial charge in [-0.25, -0.2) is 0 Å². The molecule has 1 aromatic heterocycles. The molecular formula is C17H15NO3S. The first-order chi connectivity index (χ1) is 10.8. The molecule has 0 N–H and O–H groups in total. The van der Waals surface area contributed by atoms with Gasteiger partial charge in [-0.15, -0.1) is 0 Å². The topological polar surface area (TPSA) is 44.5 Å². The first kappa shape index (κ1) is 14.5. The van der Waals surface area contributed by atoms with Crippen molar-refractivity contribution in [2.24, 2.45) is 0 Å². The Hall–Kier alpha value is -2.40. The van der Waals surface area contributed by atoms with E-state index in [1.54, 1.807) is 0 Å². The molecule has 22 heavy (non-hydrogen) atoms. The molecule has 1 aliphatic rings. The molecule has 2 aromatic rings. The molecule has 0 saturated carbocycles. The normalized spacial score (nSPS) is 13.9. The first-order valence-corrected chi connectivity index (χ1v) is 7.99. The van der Waals surface area contributed by atoms with Crippen molar-refractivity contribution in [1.29, 1.82) is 0 Å². The average Bonchev–Trinajstić information content (AvgIpc) is 3.19. The summed E-state index contributed by atoms with van der Waals surface area (Å²) in [5.74, 6) is 1.59. The van der Waals surface area contributed by atoms with Gasteiger partial charge in [-0.05, 0) is 30.0 Å². The van der Waals surface area contributed by atoms with E-state index in [2.05, 4.69) is 5.16 Å². The third-order valence-electron chi connectivity index (χ3n) is 2.99. The second-order valence-corrected chi connectivity index (χ2v) is 5.30. The Balaban J connectivity index is 1.55. The van der Waals surface area contributed by atoms with Crippen LogP contribution in [0.3, 0.4) is 0 Å². The lowest BCUT2D eigenvalue weighted by atomic mass is 10.2. The van der Waals surface area contributed by atoms with Crippen molar-refractivity contribution in [3.8, 4) is 11.5 Å². The molecule has 0 amide bonds. The first-order valence-electron chi connectivity index (χ1n) is 6.77. The third kappa shape index (κ3) is 3.62. The third-order valence-corrected chi connectivity index (χ3v) is 3.59. The van der Waals surface area contributed by atoms with Crippen LogP contribution in [0.25, 0.3) is 12.2 Å². The largest absolute Gasteiger partial charge is 0.454 e. The maximum Gasteiger partial charge on any atom is 0.231 e. The summed E-state index contributed by atoms with van der Waals surface area (Å²) in [5, 5.41) is 4.74. The van der Waals surface area contributed by atoms with E-state index in [0.29, 0.717) is 6.79 Å². The van der Waals surface area contributed by atoms with E-state index in [9.17, 15) is 0 Å². The molecule has 3 rings (SSSR count). The molecule has 0 fully saturated rings. The highest BCUT2D eigenvalue weighted by Crippen LogP contribution is 2.32. The summed E-state index contributed by atoms with van der Waals surface area (Å²) in [6.07, 6.45) is 13.6. The van der Waals surface area contributed by atoms with Crippen LogP contribution in [-0.2, 0) is 0 Å². The molecular weight excluding hydrogens is 298 g/mol. The van der Waals surface area contributed by atoms with Crippen molar-refractivity contribution < 1.29 is 14.0 Å². The molecule has 0 radical (unpaired) electrons. The van der Waals surface area contributed by atoms with Crippen molar-refractivity contribution >= 4 is 23.9 Å². The van der Waals surface area contributed by atoms with Gasteiger partial charge in [0.05, 0.1) is 0 Å². The van der Waals surface area contributed by atoms with Crippen molar-refractivity contribution in [2.75, 3.05) is 13.0 Å². The van der Waals surface area contributed by atoms with Crippen LogP contribution in [0.5, 0.6) is 11.5 Å². The van der Waals surface area contributed by atoms with Gasteiger partial charge >= 0.3 is 0 Å². The second kappa shape index (κ2) is 7.04. The lowest BCUT2D eigenvalue weighted by molar-refractivity contribution is 0.174. The molecule has 1 aliphatic heterocycles. The summed E-state index contributed by atoms with van der Waals surface area (Å²) in [4.78, 5) is 0. The van der Waals surface area contributed by atoms with Crippen LogP contribution in [0.2, 0.25) is 0 Å². The molecule has 0 spiro atoms. The average molecular weight is 313 g/mol. The van der Waals surface area contributed by atoms with E-state index >= 15 is 0 Å². The number of thioether (sulfide) groups is 1. The van der Waals surface area contributed by atoms with Crippen LogP contribution in [0.15, 0.2) is 58.2 Å². The Kier molecular flexibility index (Phi) is 4.65. The van der Waals surface area contributed by atoms with Crippen molar-refractivity contribution in [3.63, 3.8) is 0 Å². The summed E-state index contributed by atoms with van der Waals surface area (Å²) in [6, 6.07) is 7.77. The minimum absolute atomic E-state index is 0.299. The van der Waals surface area contributed by atoms with Crippen LogP contribution in [0, 0.1) is 0 Å². The van der Waals surface area contributed by atoms with Gasteiger partial charge in [0.2, 0.25) is 6.79 Å². The number of nitrogens with zero attached hydrogens (tertiary/aromatic N) is 1. The lowest BCUT2D eigenvalue weighted by Crippen LogP contribution is -1.92. The summed E-state index contributed by atoms with van der Waals surface area (Å²) in [5.41, 5.74) is 1.88. The zero-order valence-corrected chi connectivity index (χ0v) is 12.9. The Bertz CT molecular complexity index is 731. The monoisotopic (exact) mass is 313 g/mol. The highest BCUT2D eigenvalue weighted by atomic mass is 32.2. The van der Waals surface area contributed by atoms with Gasteiger partial charge in [-0.2, -0.15) is 0 Å². The predicted octanol–water partition coefficient (Wildman–Crippen LogP) is 4.41. The van der Waals surface area contributed by atoms with Crippen LogP contribution >= 0.6 is 11.8 Å². The number of fused-ring (bicyclic) bond motifs is 1. The fourth-order valence-electron chi connectivity index (χ4n) is 1.91. The van der Waals surface area contributed by atoms with E-state index < -0.39 is 0 Å². The fraction of sp³-hybridized carbons (Fsp3) is 0.118. The van der Waals surface area contributed by atoms with E-state index in [4.69, 9.17) is 14.0 Å². The van der Waals surface area contributed by atoms with Crippen LogP contribution in [-0.4, -0.2) is 18.2 Å². The number of rotatable bonds is 5. The van der Waals surface area contributed by atoms with Crippen LogP contribution < -0.4 is 9.47 Å². The molecule has 0 aliphatic carbocycles. The number of benzene rings is 1. The molecule has 0 atom stereocenters. The summed E-state index contributed by atoms with van der Waals surface area (Å²) in [6.45, 7) is 0.299. The van der Waals surface area contributed by atoms with E-state index in [1.807, 2.05) is 67.0 Å². The van der Waals surface area contributed by atoms with Crippen molar-refractivity contribution in [3.05, 3.63) is 59.8 Å². The quantitative estimate of drug-likeness (QED) is 0.604. The Morgan fingerprint density at radius 1 is 1.00 bits per heavy atom.